The highest BCUT2D eigenvalue weighted by Gasteiger charge is 2.36. The molecule has 0 unspecified atom stereocenters. The highest BCUT2D eigenvalue weighted by Crippen LogP contribution is 2.32. The quantitative estimate of drug-likeness (QED) is 0.894. The minimum absolute atomic E-state index is 0.114. The van der Waals surface area contributed by atoms with Crippen molar-refractivity contribution >= 4 is 5.91 Å². The number of carbonyl (C=O) groups excluding carboxylic acids is 1. The summed E-state index contributed by atoms with van der Waals surface area (Å²) < 4.78 is 0. The third-order valence-electron chi connectivity index (χ3n) is 4.40. The summed E-state index contributed by atoms with van der Waals surface area (Å²) in [6, 6.07) is 8.16. The number of amides is 1. The van der Waals surface area contributed by atoms with Crippen LogP contribution in [0.1, 0.15) is 54.1 Å². The molecule has 20 heavy (non-hydrogen) atoms. The number of rotatable bonds is 2. The molecule has 1 saturated carbocycles. The van der Waals surface area contributed by atoms with Crippen LogP contribution in [-0.2, 0) is 0 Å². The Morgan fingerprint density at radius 2 is 1.85 bits per heavy atom. The predicted molar refractivity (Wildman–Crippen MR) is 79.4 cm³/mol. The Hall–Kier alpha value is -1.82. The zero-order valence-electron chi connectivity index (χ0n) is 12.5. The molecule has 0 spiro atoms. The first-order valence-electron chi connectivity index (χ1n) is 7.27. The number of benzene rings is 1. The number of nitriles is 1. The number of hydrogen-bond donors (Lipinski definition) is 1. The van der Waals surface area contributed by atoms with E-state index in [-0.39, 0.29) is 5.91 Å². The van der Waals surface area contributed by atoms with E-state index in [0.717, 1.165) is 36.8 Å². The maximum atomic E-state index is 12.5. The standard InChI is InChI=1S/C17H22N2O/c1-12-7-9-17(11-18,10-8-12)19-16(20)15-13(2)5-4-6-14(15)3/h4-6,12H,7-10H2,1-3H3,(H,19,20). The Bertz CT molecular complexity index is 528. The topological polar surface area (TPSA) is 52.9 Å². The van der Waals surface area contributed by atoms with E-state index in [9.17, 15) is 10.1 Å². The van der Waals surface area contributed by atoms with Crippen LogP contribution in [0.5, 0.6) is 0 Å². The third kappa shape index (κ3) is 2.85. The van der Waals surface area contributed by atoms with Gasteiger partial charge in [-0.25, -0.2) is 0 Å². The molecule has 3 heteroatoms. The maximum absolute atomic E-state index is 12.5. The summed E-state index contributed by atoms with van der Waals surface area (Å²) in [7, 11) is 0. The van der Waals surface area contributed by atoms with E-state index in [1.54, 1.807) is 0 Å². The molecule has 1 aromatic carbocycles. The number of aryl methyl sites for hydroxylation is 2. The number of nitrogens with zero attached hydrogens (tertiary/aromatic N) is 1. The van der Waals surface area contributed by atoms with Crippen LogP contribution in [0.4, 0.5) is 0 Å². The fourth-order valence-electron chi connectivity index (χ4n) is 2.97. The molecule has 1 aliphatic carbocycles. The molecule has 3 nitrogen and oxygen atoms in total. The summed E-state index contributed by atoms with van der Waals surface area (Å²) in [5.74, 6) is 0.533. The van der Waals surface area contributed by atoms with Gasteiger partial charge >= 0.3 is 0 Å². The summed E-state index contributed by atoms with van der Waals surface area (Å²) >= 11 is 0. The molecule has 0 atom stereocenters. The monoisotopic (exact) mass is 270 g/mol. The van der Waals surface area contributed by atoms with Crippen LogP contribution in [0.25, 0.3) is 0 Å². The van der Waals surface area contributed by atoms with Crippen LogP contribution in [0, 0.1) is 31.1 Å². The molecule has 1 aliphatic rings. The van der Waals surface area contributed by atoms with E-state index in [1.807, 2.05) is 32.0 Å². The van der Waals surface area contributed by atoms with Crippen molar-refractivity contribution in [2.75, 3.05) is 0 Å². The average Bonchev–Trinajstić information content (AvgIpc) is 2.41. The van der Waals surface area contributed by atoms with Gasteiger partial charge in [0.1, 0.15) is 5.54 Å². The minimum Gasteiger partial charge on any atom is -0.334 e. The van der Waals surface area contributed by atoms with Crippen LogP contribution < -0.4 is 5.32 Å². The molecule has 0 radical (unpaired) electrons. The first kappa shape index (κ1) is 14.6. The van der Waals surface area contributed by atoms with Crippen LogP contribution in [0.2, 0.25) is 0 Å². The lowest BCUT2D eigenvalue weighted by Gasteiger charge is -2.34. The van der Waals surface area contributed by atoms with E-state index in [4.69, 9.17) is 0 Å². The van der Waals surface area contributed by atoms with Crippen molar-refractivity contribution in [2.45, 2.75) is 52.0 Å². The summed E-state index contributed by atoms with van der Waals surface area (Å²) in [5.41, 5.74) is 1.94. The molecule has 1 amide bonds. The van der Waals surface area contributed by atoms with Crippen molar-refractivity contribution in [1.82, 2.24) is 5.32 Å². The lowest BCUT2D eigenvalue weighted by Crippen LogP contribution is -2.49. The molecule has 0 heterocycles. The van der Waals surface area contributed by atoms with Gasteiger partial charge in [-0.3, -0.25) is 4.79 Å². The van der Waals surface area contributed by atoms with Gasteiger partial charge in [0.25, 0.3) is 5.91 Å². The maximum Gasteiger partial charge on any atom is 0.253 e. The summed E-state index contributed by atoms with van der Waals surface area (Å²) in [6.45, 7) is 6.07. The van der Waals surface area contributed by atoms with Gasteiger partial charge in [0.15, 0.2) is 0 Å². The van der Waals surface area contributed by atoms with E-state index < -0.39 is 5.54 Å². The second-order valence-electron chi connectivity index (χ2n) is 6.10. The minimum atomic E-state index is -0.682. The second kappa shape index (κ2) is 5.66. The summed E-state index contributed by atoms with van der Waals surface area (Å²) in [5, 5.41) is 12.5. The zero-order valence-corrected chi connectivity index (χ0v) is 12.5. The smallest absolute Gasteiger partial charge is 0.253 e. The Morgan fingerprint density at radius 3 is 2.35 bits per heavy atom. The van der Waals surface area contributed by atoms with Crippen molar-refractivity contribution in [1.29, 1.82) is 5.26 Å². The Labute approximate surface area is 121 Å². The van der Waals surface area contributed by atoms with Crippen molar-refractivity contribution in [3.05, 3.63) is 34.9 Å². The van der Waals surface area contributed by atoms with Crippen molar-refractivity contribution in [3.8, 4) is 6.07 Å². The van der Waals surface area contributed by atoms with Gasteiger partial charge in [-0.05, 0) is 56.6 Å². The van der Waals surface area contributed by atoms with Gasteiger partial charge in [-0.1, -0.05) is 25.1 Å². The van der Waals surface area contributed by atoms with Crippen molar-refractivity contribution in [2.24, 2.45) is 5.92 Å². The van der Waals surface area contributed by atoms with Gasteiger partial charge in [-0.15, -0.1) is 0 Å². The molecule has 106 valence electrons. The first-order chi connectivity index (χ1) is 9.47. The Balaban J connectivity index is 2.21. The molecule has 0 aromatic heterocycles. The first-order valence-corrected chi connectivity index (χ1v) is 7.27. The highest BCUT2D eigenvalue weighted by molar-refractivity contribution is 5.97. The largest absolute Gasteiger partial charge is 0.334 e. The van der Waals surface area contributed by atoms with Gasteiger partial charge in [0.05, 0.1) is 6.07 Å². The van der Waals surface area contributed by atoms with Crippen LogP contribution in [-0.4, -0.2) is 11.4 Å². The number of carbonyl (C=O) groups is 1. The number of nitrogens with one attached hydrogen (secondary N) is 1. The second-order valence-corrected chi connectivity index (χ2v) is 6.10. The fraction of sp³-hybridized carbons (Fsp3) is 0.529. The molecule has 0 saturated heterocycles. The van der Waals surface area contributed by atoms with Gasteiger partial charge in [0, 0.05) is 5.56 Å². The van der Waals surface area contributed by atoms with Crippen LogP contribution in [0.15, 0.2) is 18.2 Å². The molecule has 1 aromatic rings. The number of hydrogen-bond acceptors (Lipinski definition) is 2. The van der Waals surface area contributed by atoms with E-state index >= 15 is 0 Å². The molecule has 0 aliphatic heterocycles. The molecular weight excluding hydrogens is 248 g/mol. The average molecular weight is 270 g/mol. The molecule has 2 rings (SSSR count). The zero-order chi connectivity index (χ0) is 14.8. The van der Waals surface area contributed by atoms with Crippen LogP contribution in [0.3, 0.4) is 0 Å². The van der Waals surface area contributed by atoms with Crippen molar-refractivity contribution < 1.29 is 4.79 Å². The van der Waals surface area contributed by atoms with Gasteiger partial charge < -0.3 is 5.32 Å². The van der Waals surface area contributed by atoms with E-state index in [0.29, 0.717) is 11.5 Å². The van der Waals surface area contributed by atoms with Crippen LogP contribution >= 0.6 is 0 Å². The predicted octanol–water partition coefficient (Wildman–Crippen LogP) is 3.51. The lowest BCUT2D eigenvalue weighted by atomic mass is 9.78. The highest BCUT2D eigenvalue weighted by atomic mass is 16.1. The van der Waals surface area contributed by atoms with Gasteiger partial charge in [-0.2, -0.15) is 5.26 Å². The molecule has 1 N–H and O–H groups in total. The normalized spacial score (nSPS) is 25.8. The van der Waals surface area contributed by atoms with E-state index in [2.05, 4.69) is 18.3 Å². The summed E-state index contributed by atoms with van der Waals surface area (Å²) in [4.78, 5) is 12.5. The summed E-state index contributed by atoms with van der Waals surface area (Å²) in [6.07, 6.45) is 3.50. The Morgan fingerprint density at radius 1 is 1.30 bits per heavy atom. The van der Waals surface area contributed by atoms with Crippen molar-refractivity contribution in [3.63, 3.8) is 0 Å². The molecular formula is C17H22N2O. The fourth-order valence-corrected chi connectivity index (χ4v) is 2.97. The third-order valence-corrected chi connectivity index (χ3v) is 4.40. The van der Waals surface area contributed by atoms with E-state index in [1.165, 1.54) is 0 Å². The molecule has 1 fully saturated rings. The lowest BCUT2D eigenvalue weighted by molar-refractivity contribution is 0.0892. The SMILES string of the molecule is Cc1cccc(C)c1C(=O)NC1(C#N)CCC(C)CC1. The van der Waals surface area contributed by atoms with Gasteiger partial charge in [0.2, 0.25) is 0 Å². The molecule has 0 bridgehead atoms. The Kier molecular flexibility index (Phi) is 4.13.